The second kappa shape index (κ2) is 7.09. The summed E-state index contributed by atoms with van der Waals surface area (Å²) in [6, 6.07) is 9.94. The van der Waals surface area contributed by atoms with Crippen LogP contribution in [0.2, 0.25) is 0 Å². The first-order chi connectivity index (χ1) is 12.9. The average molecular weight is 381 g/mol. The van der Waals surface area contributed by atoms with Crippen molar-refractivity contribution in [3.63, 3.8) is 0 Å². The van der Waals surface area contributed by atoms with Crippen LogP contribution in [0.15, 0.2) is 30.3 Å². The zero-order chi connectivity index (χ0) is 19.1. The fourth-order valence-corrected chi connectivity index (χ4v) is 4.82. The Morgan fingerprint density at radius 1 is 1.11 bits per heavy atom. The maximum absolute atomic E-state index is 14.1. The normalized spacial score (nSPS) is 31.9. The lowest BCUT2D eigenvalue weighted by Crippen LogP contribution is -2.55. The van der Waals surface area contributed by atoms with E-state index in [1.165, 1.54) is 4.90 Å². The van der Waals surface area contributed by atoms with Crippen molar-refractivity contribution in [3.8, 4) is 0 Å². The largest absolute Gasteiger partial charge is 0.404 e. The smallest absolute Gasteiger partial charge is 0.340 e. The molecule has 27 heavy (non-hydrogen) atoms. The summed E-state index contributed by atoms with van der Waals surface area (Å²) < 4.78 is 42.4. The monoisotopic (exact) mass is 381 g/mol. The van der Waals surface area contributed by atoms with Gasteiger partial charge in [-0.05, 0) is 37.8 Å². The van der Waals surface area contributed by atoms with Crippen LogP contribution in [0.25, 0.3) is 0 Å². The van der Waals surface area contributed by atoms with E-state index < -0.39 is 17.5 Å². The summed E-state index contributed by atoms with van der Waals surface area (Å²) in [5.41, 5.74) is -1.30. The van der Waals surface area contributed by atoms with Crippen LogP contribution < -0.4 is 5.32 Å². The number of hydrogen-bond donors (Lipinski definition) is 1. The lowest BCUT2D eigenvalue weighted by atomic mass is 9.84. The molecule has 2 bridgehead atoms. The second-order valence-corrected chi connectivity index (χ2v) is 8.20. The van der Waals surface area contributed by atoms with Crippen LogP contribution in [0.4, 0.5) is 13.2 Å². The predicted molar refractivity (Wildman–Crippen MR) is 96.0 cm³/mol. The van der Waals surface area contributed by atoms with Gasteiger partial charge in [0.15, 0.2) is 5.41 Å². The molecule has 3 atom stereocenters. The van der Waals surface area contributed by atoms with Gasteiger partial charge >= 0.3 is 6.18 Å². The van der Waals surface area contributed by atoms with E-state index >= 15 is 0 Å². The number of rotatable bonds is 3. The highest BCUT2D eigenvalue weighted by molar-refractivity contribution is 5.84. The topological polar surface area (TPSA) is 35.6 Å². The molecule has 0 radical (unpaired) electrons. The number of nitrogens with one attached hydrogen (secondary N) is 1. The van der Waals surface area contributed by atoms with Gasteiger partial charge in [-0.1, -0.05) is 30.3 Å². The molecule has 3 fully saturated rings. The summed E-state index contributed by atoms with van der Waals surface area (Å²) in [6.45, 7) is 1.30. The molecule has 0 saturated carbocycles. The van der Waals surface area contributed by atoms with Crippen molar-refractivity contribution < 1.29 is 18.0 Å². The van der Waals surface area contributed by atoms with Crippen LogP contribution in [0, 0.1) is 5.41 Å². The van der Waals surface area contributed by atoms with Crippen LogP contribution >= 0.6 is 0 Å². The quantitative estimate of drug-likeness (QED) is 0.875. The number of carbonyl (C=O) groups is 1. The van der Waals surface area contributed by atoms with Crippen molar-refractivity contribution in [2.75, 3.05) is 26.2 Å². The molecule has 1 amide bonds. The molecule has 3 aliphatic rings. The summed E-state index contributed by atoms with van der Waals surface area (Å²) in [6.07, 6.45) is -1.95. The summed E-state index contributed by atoms with van der Waals surface area (Å²) in [5.74, 6) is -0.722. The third-order valence-corrected chi connectivity index (χ3v) is 6.36. The molecule has 0 aromatic heterocycles. The molecule has 0 aliphatic carbocycles. The molecule has 1 aromatic carbocycles. The minimum atomic E-state index is -4.53. The molecule has 0 spiro atoms. The first kappa shape index (κ1) is 18.7. The first-order valence-electron chi connectivity index (χ1n) is 9.76. The van der Waals surface area contributed by atoms with Gasteiger partial charge in [-0.15, -0.1) is 0 Å². The van der Waals surface area contributed by atoms with Gasteiger partial charge < -0.3 is 10.2 Å². The van der Waals surface area contributed by atoms with E-state index in [2.05, 4.69) is 5.32 Å². The molecule has 3 aliphatic heterocycles. The van der Waals surface area contributed by atoms with E-state index in [-0.39, 0.29) is 25.6 Å². The Morgan fingerprint density at radius 3 is 2.59 bits per heavy atom. The van der Waals surface area contributed by atoms with Gasteiger partial charge in [0.25, 0.3) is 0 Å². The minimum Gasteiger partial charge on any atom is -0.340 e. The Morgan fingerprint density at radius 2 is 1.85 bits per heavy atom. The Labute approximate surface area is 157 Å². The van der Waals surface area contributed by atoms with Crippen LogP contribution in [0.1, 0.15) is 31.2 Å². The van der Waals surface area contributed by atoms with Crippen molar-refractivity contribution in [1.82, 2.24) is 15.1 Å². The maximum Gasteiger partial charge on any atom is 0.404 e. The van der Waals surface area contributed by atoms with Gasteiger partial charge in [0.1, 0.15) is 0 Å². The van der Waals surface area contributed by atoms with Crippen LogP contribution in [0.5, 0.6) is 0 Å². The molecule has 3 saturated heterocycles. The molecule has 3 heterocycles. The molecular weight excluding hydrogens is 355 g/mol. The number of hydrogen-bond acceptors (Lipinski definition) is 3. The molecule has 7 heteroatoms. The third kappa shape index (κ3) is 3.59. The van der Waals surface area contributed by atoms with E-state index in [0.29, 0.717) is 25.7 Å². The van der Waals surface area contributed by atoms with E-state index in [1.807, 2.05) is 30.3 Å². The van der Waals surface area contributed by atoms with E-state index in [0.717, 1.165) is 24.8 Å². The minimum absolute atomic E-state index is 0.133. The molecule has 4 rings (SSSR count). The summed E-state index contributed by atoms with van der Waals surface area (Å²) in [5, 5.41) is 3.44. The van der Waals surface area contributed by atoms with Crippen molar-refractivity contribution in [2.45, 2.75) is 50.5 Å². The lowest BCUT2D eigenvalue weighted by molar-refractivity contribution is -0.223. The van der Waals surface area contributed by atoms with Gasteiger partial charge in [-0.25, -0.2) is 0 Å². The molecule has 1 N–H and O–H groups in total. The lowest BCUT2D eigenvalue weighted by Gasteiger charge is -2.36. The number of carbonyl (C=O) groups excluding carboxylic acids is 1. The Kier molecular flexibility index (Phi) is 4.93. The van der Waals surface area contributed by atoms with Crippen molar-refractivity contribution >= 4 is 5.91 Å². The van der Waals surface area contributed by atoms with Crippen LogP contribution in [0.3, 0.4) is 0 Å². The van der Waals surface area contributed by atoms with Crippen molar-refractivity contribution in [3.05, 3.63) is 35.9 Å². The fourth-order valence-electron chi connectivity index (χ4n) is 4.82. The number of halogens is 3. The maximum atomic E-state index is 14.1. The number of likely N-dealkylation sites (tertiary alicyclic amines) is 2. The van der Waals surface area contributed by atoms with E-state index in [4.69, 9.17) is 0 Å². The number of fused-ring (bicyclic) bond motifs is 2. The average Bonchev–Trinajstić information content (AvgIpc) is 3.19. The Balaban J connectivity index is 1.52. The summed E-state index contributed by atoms with van der Waals surface area (Å²) in [4.78, 5) is 16.4. The van der Waals surface area contributed by atoms with Gasteiger partial charge in [0.05, 0.1) is 0 Å². The van der Waals surface area contributed by atoms with Crippen LogP contribution in [-0.2, 0) is 11.3 Å². The highest BCUT2D eigenvalue weighted by atomic mass is 19.4. The van der Waals surface area contributed by atoms with Crippen LogP contribution in [-0.4, -0.2) is 60.1 Å². The van der Waals surface area contributed by atoms with E-state index in [1.54, 1.807) is 4.90 Å². The number of benzene rings is 1. The van der Waals surface area contributed by atoms with Gasteiger partial charge in [0, 0.05) is 38.3 Å². The standard InChI is InChI=1S/C20H26F3N3O/c21-20(22,23)19(9-11-25(14-19)12-15-4-2-1-3-5-15)18(27)26-10-8-16-6-7-17(13-26)24-16/h1-5,16-17,24H,6-14H2. The van der Waals surface area contributed by atoms with Crippen molar-refractivity contribution in [1.29, 1.82) is 0 Å². The molecular formula is C20H26F3N3O. The zero-order valence-corrected chi connectivity index (χ0v) is 15.3. The SMILES string of the molecule is O=C(N1CCC2CCC(C1)N2)C1(C(F)(F)F)CCN(Cc2ccccc2)C1. The second-order valence-electron chi connectivity index (χ2n) is 8.20. The molecule has 4 nitrogen and oxygen atoms in total. The molecule has 148 valence electrons. The Hall–Kier alpha value is -1.60. The summed E-state index contributed by atoms with van der Waals surface area (Å²) >= 11 is 0. The van der Waals surface area contributed by atoms with Gasteiger partial charge in [-0.2, -0.15) is 13.2 Å². The molecule has 3 unspecified atom stereocenters. The van der Waals surface area contributed by atoms with Gasteiger partial charge in [0.2, 0.25) is 5.91 Å². The molecule has 1 aromatic rings. The highest BCUT2D eigenvalue weighted by Gasteiger charge is 2.64. The van der Waals surface area contributed by atoms with E-state index in [9.17, 15) is 18.0 Å². The predicted octanol–water partition coefficient (Wildman–Crippen LogP) is 2.79. The van der Waals surface area contributed by atoms with Crippen molar-refractivity contribution in [2.24, 2.45) is 5.41 Å². The summed E-state index contributed by atoms with van der Waals surface area (Å²) in [7, 11) is 0. The van der Waals surface area contributed by atoms with Gasteiger partial charge in [-0.3, -0.25) is 9.69 Å². The third-order valence-electron chi connectivity index (χ3n) is 6.36. The first-order valence-corrected chi connectivity index (χ1v) is 9.76. The zero-order valence-electron chi connectivity index (χ0n) is 15.3. The number of alkyl halides is 3. The number of nitrogens with zero attached hydrogens (tertiary/aromatic N) is 2. The highest BCUT2D eigenvalue weighted by Crippen LogP contribution is 2.47. The Bertz CT molecular complexity index is 681. The fraction of sp³-hybridized carbons (Fsp3) is 0.650. The number of amides is 1.